The Kier molecular flexibility index (Phi) is 8.01. The molecule has 1 aromatic carbocycles. The van der Waals surface area contributed by atoms with Crippen molar-refractivity contribution in [2.24, 2.45) is 0 Å². The highest BCUT2D eigenvalue weighted by Gasteiger charge is 2.09. The van der Waals surface area contributed by atoms with Gasteiger partial charge < -0.3 is 10.0 Å². The highest BCUT2D eigenvalue weighted by atomic mass is 35.5. The van der Waals surface area contributed by atoms with Crippen LogP contribution in [0, 0.1) is 0 Å². The van der Waals surface area contributed by atoms with Gasteiger partial charge in [0.2, 0.25) is 0 Å². The standard InChI is InChI=1S/C17H28ClNO/c1-4-5-6-7-8-9-10-14-11-15(13-19(2)3)17(20)16(18)12-14/h11-12,20H,4-10,13H2,1-3H3. The van der Waals surface area contributed by atoms with E-state index in [-0.39, 0.29) is 5.75 Å². The van der Waals surface area contributed by atoms with Crippen LogP contribution in [0.5, 0.6) is 5.75 Å². The normalized spacial score (nSPS) is 11.2. The summed E-state index contributed by atoms with van der Waals surface area (Å²) in [7, 11) is 3.99. The molecule has 1 N–H and O–H groups in total. The van der Waals surface area contributed by atoms with Crippen LogP contribution in [-0.4, -0.2) is 24.1 Å². The van der Waals surface area contributed by atoms with Gasteiger partial charge in [-0.25, -0.2) is 0 Å². The second-order valence-electron chi connectivity index (χ2n) is 5.84. The fraction of sp³-hybridized carbons (Fsp3) is 0.647. The Balaban J connectivity index is 2.51. The topological polar surface area (TPSA) is 23.5 Å². The van der Waals surface area contributed by atoms with E-state index in [1.54, 1.807) is 0 Å². The number of halogens is 1. The molecule has 0 atom stereocenters. The molecule has 20 heavy (non-hydrogen) atoms. The van der Waals surface area contributed by atoms with Crippen LogP contribution in [0.3, 0.4) is 0 Å². The van der Waals surface area contributed by atoms with Crippen LogP contribution in [0.2, 0.25) is 5.02 Å². The van der Waals surface area contributed by atoms with E-state index in [1.807, 2.05) is 25.1 Å². The summed E-state index contributed by atoms with van der Waals surface area (Å²) >= 11 is 6.12. The van der Waals surface area contributed by atoms with Crippen molar-refractivity contribution >= 4 is 11.6 Å². The number of aryl methyl sites for hydroxylation is 1. The zero-order valence-corrected chi connectivity index (χ0v) is 13.8. The van der Waals surface area contributed by atoms with Crippen LogP contribution >= 0.6 is 11.6 Å². The maximum atomic E-state index is 9.98. The van der Waals surface area contributed by atoms with E-state index in [4.69, 9.17) is 11.6 Å². The molecule has 0 saturated heterocycles. The number of nitrogens with zero attached hydrogens (tertiary/aromatic N) is 1. The minimum atomic E-state index is 0.229. The van der Waals surface area contributed by atoms with Gasteiger partial charge in [0.15, 0.2) is 0 Å². The minimum absolute atomic E-state index is 0.229. The molecule has 3 heteroatoms. The van der Waals surface area contributed by atoms with Crippen molar-refractivity contribution in [2.75, 3.05) is 14.1 Å². The Morgan fingerprint density at radius 3 is 2.35 bits per heavy atom. The van der Waals surface area contributed by atoms with Gasteiger partial charge in [-0.15, -0.1) is 0 Å². The Labute approximate surface area is 128 Å². The van der Waals surface area contributed by atoms with Gasteiger partial charge in [0.25, 0.3) is 0 Å². The Morgan fingerprint density at radius 2 is 1.70 bits per heavy atom. The highest BCUT2D eigenvalue weighted by Crippen LogP contribution is 2.30. The number of aromatic hydroxyl groups is 1. The molecule has 0 aliphatic carbocycles. The molecule has 1 rings (SSSR count). The minimum Gasteiger partial charge on any atom is -0.506 e. The lowest BCUT2D eigenvalue weighted by molar-refractivity contribution is 0.385. The molecule has 1 aromatic rings. The van der Waals surface area contributed by atoms with Crippen LogP contribution < -0.4 is 0 Å². The van der Waals surface area contributed by atoms with E-state index in [0.717, 1.165) is 18.5 Å². The van der Waals surface area contributed by atoms with Crippen LogP contribution in [0.1, 0.15) is 56.6 Å². The Bertz CT molecular complexity index is 404. The van der Waals surface area contributed by atoms with Crippen molar-refractivity contribution in [3.05, 3.63) is 28.3 Å². The molecule has 114 valence electrons. The van der Waals surface area contributed by atoms with Gasteiger partial charge >= 0.3 is 0 Å². The molecule has 0 heterocycles. The maximum absolute atomic E-state index is 9.98. The zero-order valence-electron chi connectivity index (χ0n) is 13.1. The number of benzene rings is 1. The molecule has 0 radical (unpaired) electrons. The fourth-order valence-electron chi connectivity index (χ4n) is 2.43. The quantitative estimate of drug-likeness (QED) is 0.648. The van der Waals surface area contributed by atoms with Crippen molar-refractivity contribution in [1.82, 2.24) is 4.90 Å². The summed E-state index contributed by atoms with van der Waals surface area (Å²) < 4.78 is 0. The van der Waals surface area contributed by atoms with E-state index in [9.17, 15) is 5.11 Å². The molecule has 0 aliphatic heterocycles. The van der Waals surface area contributed by atoms with Crippen molar-refractivity contribution in [2.45, 2.75) is 58.4 Å². The van der Waals surface area contributed by atoms with E-state index in [1.165, 1.54) is 44.1 Å². The molecule has 0 aliphatic rings. The third-order valence-electron chi connectivity index (χ3n) is 3.51. The molecular weight excluding hydrogens is 270 g/mol. The van der Waals surface area contributed by atoms with Crippen LogP contribution in [0.25, 0.3) is 0 Å². The van der Waals surface area contributed by atoms with E-state index in [2.05, 4.69) is 13.0 Å². The average molecular weight is 298 g/mol. The summed E-state index contributed by atoms with van der Waals surface area (Å²) in [5.74, 6) is 0.229. The third kappa shape index (κ3) is 6.15. The van der Waals surface area contributed by atoms with Crippen LogP contribution in [0.4, 0.5) is 0 Å². The summed E-state index contributed by atoms with van der Waals surface area (Å²) in [6, 6.07) is 4.00. The van der Waals surface area contributed by atoms with Crippen molar-refractivity contribution < 1.29 is 5.11 Å². The first kappa shape index (κ1) is 17.3. The summed E-state index contributed by atoms with van der Waals surface area (Å²) in [6.07, 6.45) is 8.84. The first-order chi connectivity index (χ1) is 9.54. The largest absolute Gasteiger partial charge is 0.506 e. The summed E-state index contributed by atoms with van der Waals surface area (Å²) in [5.41, 5.74) is 2.16. The second kappa shape index (κ2) is 9.25. The van der Waals surface area contributed by atoms with Gasteiger partial charge in [0, 0.05) is 12.1 Å². The number of hydrogen-bond acceptors (Lipinski definition) is 2. The van der Waals surface area contributed by atoms with E-state index in [0.29, 0.717) is 5.02 Å². The molecule has 0 spiro atoms. The van der Waals surface area contributed by atoms with Crippen molar-refractivity contribution in [1.29, 1.82) is 0 Å². The molecular formula is C17H28ClNO. The predicted molar refractivity (Wildman–Crippen MR) is 87.6 cm³/mol. The first-order valence-corrected chi connectivity index (χ1v) is 8.07. The predicted octanol–water partition coefficient (Wildman–Crippen LogP) is 5.01. The molecule has 0 fully saturated rings. The average Bonchev–Trinajstić information content (AvgIpc) is 2.39. The number of phenols is 1. The molecule has 0 amide bonds. The fourth-order valence-corrected chi connectivity index (χ4v) is 2.69. The second-order valence-corrected chi connectivity index (χ2v) is 6.25. The lowest BCUT2D eigenvalue weighted by Crippen LogP contribution is -2.11. The molecule has 0 unspecified atom stereocenters. The van der Waals surface area contributed by atoms with Crippen LogP contribution in [0.15, 0.2) is 12.1 Å². The number of hydrogen-bond donors (Lipinski definition) is 1. The van der Waals surface area contributed by atoms with E-state index >= 15 is 0 Å². The van der Waals surface area contributed by atoms with Gasteiger partial charge in [-0.05, 0) is 38.6 Å². The van der Waals surface area contributed by atoms with Gasteiger partial charge in [0.05, 0.1) is 5.02 Å². The zero-order chi connectivity index (χ0) is 15.0. The molecule has 0 aromatic heterocycles. The molecule has 2 nitrogen and oxygen atoms in total. The number of phenolic OH excluding ortho intramolecular Hbond substituents is 1. The first-order valence-electron chi connectivity index (χ1n) is 7.69. The monoisotopic (exact) mass is 297 g/mol. The highest BCUT2D eigenvalue weighted by molar-refractivity contribution is 6.32. The summed E-state index contributed by atoms with van der Waals surface area (Å²) in [4.78, 5) is 2.04. The smallest absolute Gasteiger partial charge is 0.138 e. The van der Waals surface area contributed by atoms with Crippen molar-refractivity contribution in [3.8, 4) is 5.75 Å². The lowest BCUT2D eigenvalue weighted by atomic mass is 10.0. The van der Waals surface area contributed by atoms with Gasteiger partial charge in [-0.1, -0.05) is 56.7 Å². The SMILES string of the molecule is CCCCCCCCc1cc(Cl)c(O)c(CN(C)C)c1. The van der Waals surface area contributed by atoms with E-state index < -0.39 is 0 Å². The molecule has 0 saturated carbocycles. The summed E-state index contributed by atoms with van der Waals surface area (Å²) in [6.45, 7) is 2.96. The van der Waals surface area contributed by atoms with Gasteiger partial charge in [-0.2, -0.15) is 0 Å². The maximum Gasteiger partial charge on any atom is 0.138 e. The van der Waals surface area contributed by atoms with Crippen LogP contribution in [-0.2, 0) is 13.0 Å². The van der Waals surface area contributed by atoms with Crippen molar-refractivity contribution in [3.63, 3.8) is 0 Å². The Morgan fingerprint density at radius 1 is 1.05 bits per heavy atom. The lowest BCUT2D eigenvalue weighted by Gasteiger charge is -2.14. The van der Waals surface area contributed by atoms with Gasteiger partial charge in [-0.3, -0.25) is 0 Å². The summed E-state index contributed by atoms with van der Waals surface area (Å²) in [5, 5.41) is 10.5. The number of unbranched alkanes of at least 4 members (excludes halogenated alkanes) is 5. The van der Waals surface area contributed by atoms with Gasteiger partial charge in [0.1, 0.15) is 5.75 Å². The molecule has 0 bridgehead atoms. The third-order valence-corrected chi connectivity index (χ3v) is 3.80. The Hall–Kier alpha value is -0.730. The number of rotatable bonds is 9.